The molecule has 106 valence electrons. The zero-order valence-electron chi connectivity index (χ0n) is 11.5. The van der Waals surface area contributed by atoms with E-state index in [9.17, 15) is 0 Å². The van der Waals surface area contributed by atoms with E-state index in [1.165, 1.54) is 23.4 Å². The normalized spacial score (nSPS) is 14.5. The van der Waals surface area contributed by atoms with Crippen LogP contribution in [0.5, 0.6) is 0 Å². The van der Waals surface area contributed by atoms with Crippen LogP contribution in [0.3, 0.4) is 0 Å². The summed E-state index contributed by atoms with van der Waals surface area (Å²) in [5.74, 6) is 2.86. The Hall–Kier alpha value is -2.26. The summed E-state index contributed by atoms with van der Waals surface area (Å²) in [5.41, 5.74) is 2.44. The van der Waals surface area contributed by atoms with Gasteiger partial charge in [-0.25, -0.2) is 9.97 Å². The Balaban J connectivity index is 1.74. The Morgan fingerprint density at radius 1 is 1.10 bits per heavy atom. The number of anilines is 3. The van der Waals surface area contributed by atoms with Gasteiger partial charge in [0.15, 0.2) is 11.5 Å². The van der Waals surface area contributed by atoms with Crippen LogP contribution in [0.1, 0.15) is 5.69 Å². The molecule has 1 aliphatic heterocycles. The second-order valence-electron chi connectivity index (χ2n) is 4.64. The topological polar surface area (TPSA) is 64.8 Å². The highest BCUT2D eigenvalue weighted by Crippen LogP contribution is 2.23. The zero-order valence-corrected chi connectivity index (χ0v) is 12.3. The monoisotopic (exact) mass is 297 g/mol. The maximum absolute atomic E-state index is 9.01. The lowest BCUT2D eigenvalue weighted by Crippen LogP contribution is -2.32. The summed E-state index contributed by atoms with van der Waals surface area (Å²) in [4.78, 5) is 10.5. The van der Waals surface area contributed by atoms with E-state index in [2.05, 4.69) is 32.3 Å². The second kappa shape index (κ2) is 6.46. The fourth-order valence-corrected chi connectivity index (χ4v) is 3.13. The largest absolute Gasteiger partial charge is 0.370 e. The Morgan fingerprint density at radius 2 is 1.81 bits per heavy atom. The average molecular weight is 297 g/mol. The van der Waals surface area contributed by atoms with Crippen LogP contribution in [0.2, 0.25) is 0 Å². The van der Waals surface area contributed by atoms with Gasteiger partial charge in [-0.15, -0.1) is 0 Å². The first kappa shape index (κ1) is 13.7. The van der Waals surface area contributed by atoms with Gasteiger partial charge in [-0.3, -0.25) is 0 Å². The highest BCUT2D eigenvalue weighted by Gasteiger charge is 2.11. The molecule has 0 atom stereocenters. The predicted octanol–water partition coefficient (Wildman–Crippen LogP) is 2.65. The summed E-state index contributed by atoms with van der Waals surface area (Å²) in [7, 11) is 0. The lowest BCUT2D eigenvalue weighted by atomic mass is 10.2. The Morgan fingerprint density at radius 3 is 2.52 bits per heavy atom. The minimum absolute atomic E-state index is 0.301. The van der Waals surface area contributed by atoms with E-state index in [0.29, 0.717) is 11.5 Å². The molecule has 3 rings (SSSR count). The van der Waals surface area contributed by atoms with E-state index in [0.717, 1.165) is 18.8 Å². The summed E-state index contributed by atoms with van der Waals surface area (Å²) < 4.78 is 0. The van der Waals surface area contributed by atoms with E-state index in [-0.39, 0.29) is 0 Å². The fraction of sp³-hybridized carbons (Fsp3) is 0.267. The first-order chi connectivity index (χ1) is 10.4. The molecule has 5 nitrogen and oxygen atoms in total. The number of thioether (sulfide) groups is 1. The first-order valence-corrected chi connectivity index (χ1v) is 7.93. The van der Waals surface area contributed by atoms with Gasteiger partial charge in [0.1, 0.15) is 6.07 Å². The molecule has 2 aromatic rings. The molecule has 6 heteroatoms. The molecular formula is C15H15N5S. The molecule has 0 unspecified atom stereocenters. The van der Waals surface area contributed by atoms with Crippen molar-refractivity contribution < 1.29 is 0 Å². The quantitative estimate of drug-likeness (QED) is 0.939. The molecule has 0 spiro atoms. The van der Waals surface area contributed by atoms with Gasteiger partial charge in [0.25, 0.3) is 0 Å². The summed E-state index contributed by atoms with van der Waals surface area (Å²) in [6, 6.07) is 10.2. The molecule has 0 saturated carbocycles. The van der Waals surface area contributed by atoms with Crippen molar-refractivity contribution in [1.82, 2.24) is 9.97 Å². The van der Waals surface area contributed by atoms with Crippen molar-refractivity contribution in [3.8, 4) is 6.07 Å². The summed E-state index contributed by atoms with van der Waals surface area (Å²) in [6.07, 6.45) is 3.09. The van der Waals surface area contributed by atoms with Crippen LogP contribution >= 0.6 is 11.8 Å². The molecular weight excluding hydrogens is 282 g/mol. The van der Waals surface area contributed by atoms with Gasteiger partial charge in [-0.1, -0.05) is 0 Å². The Kier molecular flexibility index (Phi) is 4.22. The molecule has 1 fully saturated rings. The number of nitriles is 1. The van der Waals surface area contributed by atoms with Crippen molar-refractivity contribution in [3.63, 3.8) is 0 Å². The molecule has 0 amide bonds. The predicted molar refractivity (Wildman–Crippen MR) is 86.0 cm³/mol. The number of nitrogens with one attached hydrogen (secondary N) is 1. The van der Waals surface area contributed by atoms with Gasteiger partial charge in [0.05, 0.1) is 0 Å². The molecule has 1 aromatic carbocycles. The fourth-order valence-electron chi connectivity index (χ4n) is 2.23. The van der Waals surface area contributed by atoms with Crippen molar-refractivity contribution in [2.45, 2.75) is 0 Å². The zero-order chi connectivity index (χ0) is 14.5. The molecule has 0 radical (unpaired) electrons. The van der Waals surface area contributed by atoms with Crippen molar-refractivity contribution in [2.24, 2.45) is 0 Å². The third-order valence-electron chi connectivity index (χ3n) is 3.31. The van der Waals surface area contributed by atoms with Gasteiger partial charge in [-0.2, -0.15) is 17.0 Å². The van der Waals surface area contributed by atoms with E-state index >= 15 is 0 Å². The summed E-state index contributed by atoms with van der Waals surface area (Å²) in [6.45, 7) is 2.19. The standard InChI is InChI=1S/C15H15N5S/c16-11-14-15(18-6-5-17-14)19-12-1-3-13(4-2-12)20-7-9-21-10-8-20/h1-6H,7-10H2,(H,18,19). The highest BCUT2D eigenvalue weighted by atomic mass is 32.2. The number of aromatic nitrogens is 2. The van der Waals surface area contributed by atoms with Crippen LogP contribution in [0, 0.1) is 11.3 Å². The first-order valence-electron chi connectivity index (χ1n) is 6.78. The Bertz CT molecular complexity index is 644. The average Bonchev–Trinajstić information content (AvgIpc) is 2.57. The third kappa shape index (κ3) is 3.26. The van der Waals surface area contributed by atoms with Crippen LogP contribution in [-0.2, 0) is 0 Å². The molecule has 0 aliphatic carbocycles. The van der Waals surface area contributed by atoms with Crippen LogP contribution in [0.25, 0.3) is 0 Å². The third-order valence-corrected chi connectivity index (χ3v) is 4.25. The lowest BCUT2D eigenvalue weighted by Gasteiger charge is -2.28. The van der Waals surface area contributed by atoms with Gasteiger partial charge in [-0.05, 0) is 24.3 Å². The van der Waals surface area contributed by atoms with Gasteiger partial charge in [0, 0.05) is 48.4 Å². The molecule has 1 aliphatic rings. The molecule has 21 heavy (non-hydrogen) atoms. The number of hydrogen-bond donors (Lipinski definition) is 1. The van der Waals surface area contributed by atoms with Crippen LogP contribution in [-0.4, -0.2) is 34.6 Å². The van der Waals surface area contributed by atoms with Gasteiger partial charge >= 0.3 is 0 Å². The molecule has 0 bridgehead atoms. The number of nitrogens with zero attached hydrogens (tertiary/aromatic N) is 4. The van der Waals surface area contributed by atoms with E-state index in [4.69, 9.17) is 5.26 Å². The maximum atomic E-state index is 9.01. The van der Waals surface area contributed by atoms with Gasteiger partial charge in [0.2, 0.25) is 0 Å². The smallest absolute Gasteiger partial charge is 0.183 e. The van der Waals surface area contributed by atoms with E-state index in [1.54, 1.807) is 6.20 Å². The Labute approximate surface area is 128 Å². The summed E-state index contributed by atoms with van der Waals surface area (Å²) >= 11 is 2.00. The minimum atomic E-state index is 0.301. The number of hydrogen-bond acceptors (Lipinski definition) is 6. The molecule has 1 N–H and O–H groups in total. The number of benzene rings is 1. The highest BCUT2D eigenvalue weighted by molar-refractivity contribution is 7.99. The molecule has 1 saturated heterocycles. The van der Waals surface area contributed by atoms with E-state index < -0.39 is 0 Å². The van der Waals surface area contributed by atoms with Crippen molar-refractivity contribution in [2.75, 3.05) is 34.8 Å². The summed E-state index contributed by atoms with van der Waals surface area (Å²) in [5, 5.41) is 12.1. The molecule has 1 aromatic heterocycles. The van der Waals surface area contributed by atoms with Crippen molar-refractivity contribution in [1.29, 1.82) is 5.26 Å². The lowest BCUT2D eigenvalue weighted by molar-refractivity contribution is 0.859. The van der Waals surface area contributed by atoms with Crippen LogP contribution < -0.4 is 10.2 Å². The van der Waals surface area contributed by atoms with Crippen molar-refractivity contribution >= 4 is 29.0 Å². The SMILES string of the molecule is N#Cc1nccnc1Nc1ccc(N2CCSCC2)cc1. The molecule has 2 heterocycles. The van der Waals surface area contributed by atoms with Crippen LogP contribution in [0.4, 0.5) is 17.2 Å². The maximum Gasteiger partial charge on any atom is 0.183 e. The van der Waals surface area contributed by atoms with Crippen molar-refractivity contribution in [3.05, 3.63) is 42.4 Å². The second-order valence-corrected chi connectivity index (χ2v) is 5.86. The van der Waals surface area contributed by atoms with E-state index in [1.807, 2.05) is 30.0 Å². The van der Waals surface area contributed by atoms with Crippen LogP contribution in [0.15, 0.2) is 36.7 Å². The minimum Gasteiger partial charge on any atom is -0.370 e. The number of rotatable bonds is 3. The van der Waals surface area contributed by atoms with Gasteiger partial charge < -0.3 is 10.2 Å².